The fourth-order valence-electron chi connectivity index (χ4n) is 2.54. The van der Waals surface area contributed by atoms with Crippen LogP contribution in [-0.4, -0.2) is 15.2 Å². The van der Waals surface area contributed by atoms with Crippen LogP contribution in [0.2, 0.25) is 0 Å². The molecule has 0 amide bonds. The van der Waals surface area contributed by atoms with Crippen molar-refractivity contribution in [3.63, 3.8) is 0 Å². The van der Waals surface area contributed by atoms with Crippen molar-refractivity contribution in [2.45, 2.75) is 26.2 Å². The van der Waals surface area contributed by atoms with Gasteiger partial charge in [0, 0.05) is 30.9 Å². The zero-order valence-electron chi connectivity index (χ0n) is 12.1. The summed E-state index contributed by atoms with van der Waals surface area (Å²) >= 11 is 0. The lowest BCUT2D eigenvalue weighted by Gasteiger charge is -2.06. The monoisotopic (exact) mass is 278 g/mol. The van der Waals surface area contributed by atoms with Crippen LogP contribution in [-0.2, 0) is 24.1 Å². The third-order valence-electron chi connectivity index (χ3n) is 3.72. The lowest BCUT2D eigenvalue weighted by molar-refractivity contribution is -0.117. The fourth-order valence-corrected chi connectivity index (χ4v) is 2.54. The second-order valence-corrected chi connectivity index (χ2v) is 5.23. The summed E-state index contributed by atoms with van der Waals surface area (Å²) in [5, 5.41) is 0. The summed E-state index contributed by atoms with van der Waals surface area (Å²) in [7, 11) is 0. The highest BCUT2D eigenvalue weighted by Crippen LogP contribution is 2.10. The van der Waals surface area contributed by atoms with Crippen LogP contribution in [0.5, 0.6) is 0 Å². The number of carbonyl (C=O) groups is 1. The number of benzene rings is 1. The summed E-state index contributed by atoms with van der Waals surface area (Å²) in [6, 6.07) is 14.2. The second-order valence-electron chi connectivity index (χ2n) is 5.23. The average molecular weight is 278 g/mol. The van der Waals surface area contributed by atoms with Crippen LogP contribution in [0.3, 0.4) is 0 Å². The van der Waals surface area contributed by atoms with Gasteiger partial charge in [0.15, 0.2) is 0 Å². The lowest BCUT2D eigenvalue weighted by Crippen LogP contribution is -2.09. The first kappa shape index (κ1) is 13.6. The Labute approximate surface area is 124 Å². The SMILES string of the molecule is CCc1ccc(CC(=O)Cc2cccc3nccn23)cc1. The van der Waals surface area contributed by atoms with Gasteiger partial charge >= 0.3 is 0 Å². The molecule has 0 atom stereocenters. The molecule has 3 aromatic rings. The van der Waals surface area contributed by atoms with Gasteiger partial charge in [-0.2, -0.15) is 0 Å². The normalized spacial score (nSPS) is 10.9. The topological polar surface area (TPSA) is 34.4 Å². The van der Waals surface area contributed by atoms with Crippen molar-refractivity contribution < 1.29 is 4.79 Å². The Morgan fingerprint density at radius 1 is 1.05 bits per heavy atom. The van der Waals surface area contributed by atoms with Crippen molar-refractivity contribution >= 4 is 11.4 Å². The number of ketones is 1. The molecule has 0 aliphatic carbocycles. The van der Waals surface area contributed by atoms with Crippen molar-refractivity contribution in [3.8, 4) is 0 Å². The van der Waals surface area contributed by atoms with Gasteiger partial charge in [-0.25, -0.2) is 4.98 Å². The number of nitrogens with zero attached hydrogens (tertiary/aromatic N) is 2. The maximum absolute atomic E-state index is 12.3. The number of aryl methyl sites for hydroxylation is 1. The molecule has 1 aromatic carbocycles. The molecular weight excluding hydrogens is 260 g/mol. The van der Waals surface area contributed by atoms with E-state index in [0.717, 1.165) is 23.3 Å². The Balaban J connectivity index is 1.72. The molecule has 0 saturated heterocycles. The molecule has 106 valence electrons. The van der Waals surface area contributed by atoms with Crippen LogP contribution in [0.4, 0.5) is 0 Å². The van der Waals surface area contributed by atoms with Gasteiger partial charge in [0.25, 0.3) is 0 Å². The number of pyridine rings is 1. The highest BCUT2D eigenvalue weighted by atomic mass is 16.1. The maximum Gasteiger partial charge on any atom is 0.143 e. The molecule has 0 fully saturated rings. The van der Waals surface area contributed by atoms with Crippen molar-refractivity contribution in [2.24, 2.45) is 0 Å². The number of fused-ring (bicyclic) bond motifs is 1. The molecule has 0 bridgehead atoms. The molecule has 0 N–H and O–H groups in total. The van der Waals surface area contributed by atoms with Crippen molar-refractivity contribution in [1.29, 1.82) is 0 Å². The van der Waals surface area contributed by atoms with Crippen LogP contribution in [0.1, 0.15) is 23.7 Å². The van der Waals surface area contributed by atoms with E-state index in [1.54, 1.807) is 6.20 Å². The van der Waals surface area contributed by atoms with E-state index < -0.39 is 0 Å². The summed E-state index contributed by atoms with van der Waals surface area (Å²) in [6.45, 7) is 2.13. The van der Waals surface area contributed by atoms with Crippen LogP contribution in [0.25, 0.3) is 5.65 Å². The Kier molecular flexibility index (Phi) is 3.82. The van der Waals surface area contributed by atoms with Gasteiger partial charge in [-0.05, 0) is 29.7 Å². The highest BCUT2D eigenvalue weighted by molar-refractivity contribution is 5.83. The average Bonchev–Trinajstić information content (AvgIpc) is 2.97. The summed E-state index contributed by atoms with van der Waals surface area (Å²) < 4.78 is 1.97. The molecule has 3 nitrogen and oxygen atoms in total. The van der Waals surface area contributed by atoms with Gasteiger partial charge in [-0.3, -0.25) is 4.79 Å². The quantitative estimate of drug-likeness (QED) is 0.718. The van der Waals surface area contributed by atoms with Gasteiger partial charge in [0.1, 0.15) is 11.4 Å². The number of carbonyl (C=O) groups excluding carboxylic acids is 1. The van der Waals surface area contributed by atoms with Crippen molar-refractivity contribution in [2.75, 3.05) is 0 Å². The first-order valence-electron chi connectivity index (χ1n) is 7.26. The Morgan fingerprint density at radius 3 is 2.57 bits per heavy atom. The molecule has 0 aliphatic heterocycles. The Morgan fingerprint density at radius 2 is 1.81 bits per heavy atom. The molecular formula is C18H18N2O. The molecule has 0 unspecified atom stereocenters. The van der Waals surface area contributed by atoms with Crippen LogP contribution in [0, 0.1) is 0 Å². The molecule has 3 heteroatoms. The predicted molar refractivity (Wildman–Crippen MR) is 83.4 cm³/mol. The summed E-state index contributed by atoms with van der Waals surface area (Å²) in [5.41, 5.74) is 4.25. The van der Waals surface area contributed by atoms with E-state index in [9.17, 15) is 4.79 Å². The maximum atomic E-state index is 12.3. The van der Waals surface area contributed by atoms with Crippen molar-refractivity contribution in [3.05, 3.63) is 71.7 Å². The summed E-state index contributed by atoms with van der Waals surface area (Å²) in [4.78, 5) is 16.5. The summed E-state index contributed by atoms with van der Waals surface area (Å²) in [6.07, 6.45) is 5.59. The van der Waals surface area contributed by atoms with E-state index in [2.05, 4.69) is 36.2 Å². The highest BCUT2D eigenvalue weighted by Gasteiger charge is 2.08. The molecule has 21 heavy (non-hydrogen) atoms. The number of aromatic nitrogens is 2. The number of hydrogen-bond acceptors (Lipinski definition) is 2. The van der Waals surface area contributed by atoms with Gasteiger partial charge in [0.05, 0.1) is 0 Å². The van der Waals surface area contributed by atoms with Crippen molar-refractivity contribution in [1.82, 2.24) is 9.38 Å². The first-order chi connectivity index (χ1) is 10.3. The zero-order chi connectivity index (χ0) is 14.7. The Hall–Kier alpha value is -2.42. The predicted octanol–water partition coefficient (Wildman–Crippen LogP) is 3.25. The third-order valence-corrected chi connectivity index (χ3v) is 3.72. The largest absolute Gasteiger partial charge is 0.304 e. The Bertz CT molecular complexity index is 756. The van der Waals surface area contributed by atoms with Gasteiger partial charge in [0.2, 0.25) is 0 Å². The van der Waals surface area contributed by atoms with E-state index in [-0.39, 0.29) is 5.78 Å². The fraction of sp³-hybridized carbons (Fsp3) is 0.222. The lowest BCUT2D eigenvalue weighted by atomic mass is 10.0. The third kappa shape index (κ3) is 3.02. The zero-order valence-corrected chi connectivity index (χ0v) is 12.1. The van der Waals surface area contributed by atoms with Gasteiger partial charge < -0.3 is 4.40 Å². The minimum absolute atomic E-state index is 0.223. The smallest absolute Gasteiger partial charge is 0.143 e. The minimum Gasteiger partial charge on any atom is -0.304 e. The molecule has 0 saturated carbocycles. The van der Waals surface area contributed by atoms with Crippen LogP contribution >= 0.6 is 0 Å². The number of hydrogen-bond donors (Lipinski definition) is 0. The standard InChI is InChI=1S/C18H18N2O/c1-2-14-6-8-15(9-7-14)12-17(21)13-16-4-3-5-18-19-10-11-20(16)18/h3-11H,2,12-13H2,1H3. The molecule has 0 aliphatic rings. The van der Waals surface area contributed by atoms with E-state index in [1.165, 1.54) is 5.56 Å². The number of imidazole rings is 1. The summed E-state index contributed by atoms with van der Waals surface area (Å²) in [5.74, 6) is 0.223. The first-order valence-corrected chi connectivity index (χ1v) is 7.26. The van der Waals surface area contributed by atoms with Crippen LogP contribution in [0.15, 0.2) is 54.9 Å². The molecule has 2 aromatic heterocycles. The van der Waals surface area contributed by atoms with E-state index in [4.69, 9.17) is 0 Å². The second kappa shape index (κ2) is 5.92. The van der Waals surface area contributed by atoms with E-state index in [0.29, 0.717) is 12.8 Å². The van der Waals surface area contributed by atoms with Gasteiger partial charge in [-0.1, -0.05) is 37.3 Å². The molecule has 2 heterocycles. The number of Topliss-reactive ketones (excluding diaryl/α,β-unsaturated/α-hetero) is 1. The van der Waals surface area contributed by atoms with Crippen LogP contribution < -0.4 is 0 Å². The molecule has 0 spiro atoms. The molecule has 3 rings (SSSR count). The van der Waals surface area contributed by atoms with Gasteiger partial charge in [-0.15, -0.1) is 0 Å². The van der Waals surface area contributed by atoms with E-state index in [1.807, 2.05) is 28.8 Å². The van der Waals surface area contributed by atoms with E-state index >= 15 is 0 Å². The minimum atomic E-state index is 0.223. The number of rotatable bonds is 5. The molecule has 0 radical (unpaired) electrons.